The molecule has 0 radical (unpaired) electrons. The Morgan fingerprint density at radius 1 is 0.778 bits per heavy atom. The van der Waals surface area contributed by atoms with Crippen LogP contribution >= 0.6 is 0 Å². The van der Waals surface area contributed by atoms with Crippen LogP contribution in [0.5, 0.6) is 0 Å². The second kappa shape index (κ2) is 7.61. The van der Waals surface area contributed by atoms with Gasteiger partial charge in [-0.15, -0.1) is 0 Å². The summed E-state index contributed by atoms with van der Waals surface area (Å²) in [6, 6.07) is 4.81. The summed E-state index contributed by atoms with van der Waals surface area (Å²) < 4.78 is 0. The molecule has 1 unspecified atom stereocenters. The summed E-state index contributed by atoms with van der Waals surface area (Å²) in [7, 11) is 0. The molecular weight excluding hydrogens is 216 g/mol. The van der Waals surface area contributed by atoms with Crippen LogP contribution in [-0.2, 0) is 0 Å². The molecule has 0 aliphatic heterocycles. The van der Waals surface area contributed by atoms with Crippen LogP contribution in [0.2, 0.25) is 0 Å². The van der Waals surface area contributed by atoms with Gasteiger partial charge in [0.25, 0.3) is 0 Å². The average molecular weight is 246 g/mol. The molecule has 1 rings (SSSR count). The summed E-state index contributed by atoms with van der Waals surface area (Å²) in [4.78, 5) is 0. The average Bonchev–Trinajstić information content (AvgIpc) is 2.33. The van der Waals surface area contributed by atoms with Gasteiger partial charge in [-0.2, -0.15) is 0 Å². The van der Waals surface area contributed by atoms with Gasteiger partial charge in [0, 0.05) is 0 Å². The van der Waals surface area contributed by atoms with Crippen molar-refractivity contribution in [2.45, 2.75) is 79.1 Å². The molecule has 0 amide bonds. The molecule has 0 saturated carbocycles. The van der Waals surface area contributed by atoms with Crippen LogP contribution in [0.25, 0.3) is 0 Å². The maximum Gasteiger partial charge on any atom is -0.0159 e. The van der Waals surface area contributed by atoms with E-state index in [1.807, 2.05) is 0 Å². The van der Waals surface area contributed by atoms with Gasteiger partial charge >= 0.3 is 0 Å². The van der Waals surface area contributed by atoms with E-state index in [-0.39, 0.29) is 0 Å². The predicted molar refractivity (Wildman–Crippen MR) is 82.4 cm³/mol. The summed E-state index contributed by atoms with van der Waals surface area (Å²) in [5.41, 5.74) is 5.98. The van der Waals surface area contributed by atoms with Gasteiger partial charge in [0.1, 0.15) is 0 Å². The van der Waals surface area contributed by atoms with Crippen molar-refractivity contribution in [2.24, 2.45) is 0 Å². The highest BCUT2D eigenvalue weighted by atomic mass is 14.2. The number of unbranched alkanes of at least 4 members (excludes halogenated alkanes) is 2. The Morgan fingerprint density at radius 3 is 2.06 bits per heavy atom. The molecule has 1 aromatic carbocycles. The Balaban J connectivity index is 2.87. The van der Waals surface area contributed by atoms with E-state index < -0.39 is 0 Å². The minimum absolute atomic E-state index is 0.779. The van der Waals surface area contributed by atoms with Gasteiger partial charge in [-0.1, -0.05) is 51.7 Å². The van der Waals surface area contributed by atoms with E-state index in [1.54, 1.807) is 5.56 Å². The molecule has 0 aliphatic rings. The highest BCUT2D eigenvalue weighted by molar-refractivity contribution is 5.38. The van der Waals surface area contributed by atoms with Gasteiger partial charge in [-0.3, -0.25) is 0 Å². The molecule has 0 heteroatoms. The fraction of sp³-hybridized carbons (Fsp3) is 0.667. The third-order valence-electron chi connectivity index (χ3n) is 4.12. The Kier molecular flexibility index (Phi) is 6.46. The third kappa shape index (κ3) is 4.15. The van der Waals surface area contributed by atoms with Crippen molar-refractivity contribution in [3.05, 3.63) is 34.4 Å². The van der Waals surface area contributed by atoms with Gasteiger partial charge in [0.2, 0.25) is 0 Å². The first-order valence-corrected chi connectivity index (χ1v) is 7.67. The first-order valence-electron chi connectivity index (χ1n) is 7.67. The largest absolute Gasteiger partial charge is 0.0654 e. The van der Waals surface area contributed by atoms with E-state index in [0.717, 1.165) is 5.92 Å². The van der Waals surface area contributed by atoms with Crippen LogP contribution in [0.4, 0.5) is 0 Å². The molecule has 0 aromatic heterocycles. The van der Waals surface area contributed by atoms with E-state index >= 15 is 0 Å². The molecule has 0 saturated heterocycles. The van der Waals surface area contributed by atoms with E-state index in [9.17, 15) is 0 Å². The summed E-state index contributed by atoms with van der Waals surface area (Å²) in [5, 5.41) is 0. The van der Waals surface area contributed by atoms with E-state index in [2.05, 4.69) is 46.8 Å². The first-order chi connectivity index (χ1) is 8.60. The van der Waals surface area contributed by atoms with Gasteiger partial charge in [0.05, 0.1) is 0 Å². The zero-order chi connectivity index (χ0) is 13.5. The standard InChI is InChI=1S/C18H30/c1-6-8-9-11-17(10-7-2)18-13-15(4)14(3)12-16(18)5/h12-13,17H,6-11H2,1-5H3. The molecule has 0 spiro atoms. The number of benzene rings is 1. The first kappa shape index (κ1) is 15.3. The minimum atomic E-state index is 0.779. The quantitative estimate of drug-likeness (QED) is 0.512. The number of hydrogen-bond donors (Lipinski definition) is 0. The normalized spacial score (nSPS) is 12.7. The van der Waals surface area contributed by atoms with E-state index in [4.69, 9.17) is 0 Å². The van der Waals surface area contributed by atoms with Gasteiger partial charge in [-0.05, 0) is 61.8 Å². The molecule has 1 aromatic rings. The zero-order valence-corrected chi connectivity index (χ0v) is 13.0. The summed E-state index contributed by atoms with van der Waals surface area (Å²) in [5.74, 6) is 0.779. The summed E-state index contributed by atoms with van der Waals surface area (Å²) in [6.07, 6.45) is 8.09. The highest BCUT2D eigenvalue weighted by Gasteiger charge is 2.13. The fourth-order valence-corrected chi connectivity index (χ4v) is 2.87. The lowest BCUT2D eigenvalue weighted by atomic mass is 9.85. The number of rotatable bonds is 7. The predicted octanol–water partition coefficient (Wildman–Crippen LogP) is 6.08. The second-order valence-corrected chi connectivity index (χ2v) is 5.77. The lowest BCUT2D eigenvalue weighted by molar-refractivity contribution is 0.527. The van der Waals surface area contributed by atoms with Crippen molar-refractivity contribution < 1.29 is 0 Å². The van der Waals surface area contributed by atoms with Crippen LogP contribution < -0.4 is 0 Å². The van der Waals surface area contributed by atoms with Crippen molar-refractivity contribution in [1.29, 1.82) is 0 Å². The maximum absolute atomic E-state index is 2.44. The Hall–Kier alpha value is -0.780. The lowest BCUT2D eigenvalue weighted by Crippen LogP contribution is -2.03. The highest BCUT2D eigenvalue weighted by Crippen LogP contribution is 2.31. The number of hydrogen-bond acceptors (Lipinski definition) is 0. The summed E-state index contributed by atoms with van der Waals surface area (Å²) >= 11 is 0. The van der Waals surface area contributed by atoms with Gasteiger partial charge < -0.3 is 0 Å². The van der Waals surface area contributed by atoms with Gasteiger partial charge in [-0.25, -0.2) is 0 Å². The van der Waals surface area contributed by atoms with Crippen molar-refractivity contribution in [1.82, 2.24) is 0 Å². The SMILES string of the molecule is CCCCCC(CCC)c1cc(C)c(C)cc1C. The zero-order valence-electron chi connectivity index (χ0n) is 13.0. The molecule has 0 bridgehead atoms. The van der Waals surface area contributed by atoms with Gasteiger partial charge in [0.15, 0.2) is 0 Å². The maximum atomic E-state index is 2.44. The molecule has 0 nitrogen and oxygen atoms in total. The second-order valence-electron chi connectivity index (χ2n) is 5.77. The molecule has 102 valence electrons. The monoisotopic (exact) mass is 246 g/mol. The third-order valence-corrected chi connectivity index (χ3v) is 4.12. The molecule has 1 atom stereocenters. The Morgan fingerprint density at radius 2 is 1.44 bits per heavy atom. The molecule has 0 N–H and O–H groups in total. The van der Waals surface area contributed by atoms with Crippen molar-refractivity contribution >= 4 is 0 Å². The van der Waals surface area contributed by atoms with E-state index in [0.29, 0.717) is 0 Å². The van der Waals surface area contributed by atoms with E-state index in [1.165, 1.54) is 55.2 Å². The van der Waals surface area contributed by atoms with Crippen LogP contribution in [0, 0.1) is 20.8 Å². The minimum Gasteiger partial charge on any atom is -0.0654 e. The summed E-state index contributed by atoms with van der Waals surface area (Å²) in [6.45, 7) is 11.3. The Bertz CT molecular complexity index is 363. The smallest absolute Gasteiger partial charge is 0.0159 e. The fourth-order valence-electron chi connectivity index (χ4n) is 2.87. The molecule has 0 aliphatic carbocycles. The molecule has 0 heterocycles. The molecule has 18 heavy (non-hydrogen) atoms. The lowest BCUT2D eigenvalue weighted by Gasteiger charge is -2.20. The molecular formula is C18H30. The van der Waals surface area contributed by atoms with Crippen LogP contribution in [0.15, 0.2) is 12.1 Å². The van der Waals surface area contributed by atoms with Crippen LogP contribution in [0.3, 0.4) is 0 Å². The molecule has 0 fully saturated rings. The van der Waals surface area contributed by atoms with Crippen LogP contribution in [0.1, 0.15) is 80.5 Å². The Labute approximate surface area is 114 Å². The van der Waals surface area contributed by atoms with Crippen molar-refractivity contribution in [3.63, 3.8) is 0 Å². The number of aryl methyl sites for hydroxylation is 3. The van der Waals surface area contributed by atoms with Crippen molar-refractivity contribution in [3.8, 4) is 0 Å². The topological polar surface area (TPSA) is 0 Å². The van der Waals surface area contributed by atoms with Crippen LogP contribution in [-0.4, -0.2) is 0 Å². The van der Waals surface area contributed by atoms with Crippen molar-refractivity contribution in [2.75, 3.05) is 0 Å².